The van der Waals surface area contributed by atoms with Gasteiger partial charge in [0.15, 0.2) is 5.78 Å². The first-order valence-electron chi connectivity index (χ1n) is 13.0. The van der Waals surface area contributed by atoms with Crippen molar-refractivity contribution >= 4 is 41.7 Å². The van der Waals surface area contributed by atoms with Crippen LogP contribution in [-0.2, 0) is 28.8 Å². The molecule has 0 unspecified atom stereocenters. The summed E-state index contributed by atoms with van der Waals surface area (Å²) in [7, 11) is 0. The van der Waals surface area contributed by atoms with Crippen molar-refractivity contribution in [3.63, 3.8) is 0 Å². The molecule has 206 valence electrons. The number of primary amides is 1. The molecule has 0 saturated heterocycles. The standard InChI is InChI=1S/C25H39N5O7/c1-16(2)23(29-20(33)9-5-4-6-13-30-21(34)10-11-22(30)35)19(32)14-18(8-7-12-27-25(26)37)24(36)28-17(3)15-31/h10-11,15-18,23H,4-9,12-14H2,1-3H3,(H,28,36)(H,29,33)(H3,26,27,37)/t17-,18-,23+/m1/s1/i15D. The third-order valence-corrected chi connectivity index (χ3v) is 5.90. The van der Waals surface area contributed by atoms with E-state index in [0.29, 0.717) is 25.7 Å². The zero-order chi connectivity index (χ0) is 28.8. The van der Waals surface area contributed by atoms with Crippen LogP contribution in [0.2, 0.25) is 0 Å². The van der Waals surface area contributed by atoms with Gasteiger partial charge in [-0.05, 0) is 38.5 Å². The highest BCUT2D eigenvalue weighted by molar-refractivity contribution is 6.12. The fraction of sp³-hybridized carbons (Fsp3) is 0.640. The summed E-state index contributed by atoms with van der Waals surface area (Å²) in [5, 5.41) is 7.58. The zero-order valence-corrected chi connectivity index (χ0v) is 21.7. The van der Waals surface area contributed by atoms with Crippen LogP contribution in [0.1, 0.15) is 67.1 Å². The van der Waals surface area contributed by atoms with Crippen LogP contribution in [0.5, 0.6) is 0 Å². The number of unbranched alkanes of at least 4 members (excludes halogenated alkanes) is 2. The minimum atomic E-state index is -1.04. The highest BCUT2D eigenvalue weighted by Gasteiger charge is 2.29. The second kappa shape index (κ2) is 16.2. The van der Waals surface area contributed by atoms with Gasteiger partial charge < -0.3 is 26.5 Å². The molecule has 0 aliphatic carbocycles. The van der Waals surface area contributed by atoms with Gasteiger partial charge in [0.1, 0.15) is 7.63 Å². The Morgan fingerprint density at radius 3 is 2.24 bits per heavy atom. The SMILES string of the molecule is [2H]C(=O)[C@@H](C)NC(=O)[C@H](CCCNC(N)=O)CC(=O)[C@@H](NC(=O)CCCCCN1C(=O)C=CC1=O)C(C)C. The van der Waals surface area contributed by atoms with Crippen LogP contribution in [0.15, 0.2) is 12.2 Å². The van der Waals surface area contributed by atoms with Crippen LogP contribution >= 0.6 is 0 Å². The summed E-state index contributed by atoms with van der Waals surface area (Å²) >= 11 is 0. The first-order valence-corrected chi connectivity index (χ1v) is 12.5. The van der Waals surface area contributed by atoms with Gasteiger partial charge in [0.05, 0.1) is 12.1 Å². The van der Waals surface area contributed by atoms with E-state index in [1.165, 1.54) is 19.1 Å². The topological polar surface area (TPSA) is 185 Å². The van der Waals surface area contributed by atoms with Crippen LogP contribution in [0.4, 0.5) is 4.79 Å². The smallest absolute Gasteiger partial charge is 0.312 e. The Hall–Kier alpha value is -3.57. The number of nitrogens with one attached hydrogen (secondary N) is 3. The number of carbonyl (C=O) groups is 7. The summed E-state index contributed by atoms with van der Waals surface area (Å²) in [5.41, 5.74) is 5.05. The van der Waals surface area contributed by atoms with E-state index < -0.39 is 36.2 Å². The van der Waals surface area contributed by atoms with Gasteiger partial charge in [0, 0.05) is 44.0 Å². The van der Waals surface area contributed by atoms with E-state index in [9.17, 15) is 33.6 Å². The molecular formula is C25H39N5O7. The van der Waals surface area contributed by atoms with Crippen molar-refractivity contribution in [3.05, 3.63) is 12.2 Å². The quantitative estimate of drug-likeness (QED) is 0.114. The Balaban J connectivity index is 2.63. The predicted molar refractivity (Wildman–Crippen MR) is 135 cm³/mol. The number of Topliss-reactive ketones (excluding diaryl/α,β-unsaturated/α-hetero) is 1. The van der Waals surface area contributed by atoms with Crippen molar-refractivity contribution in [1.82, 2.24) is 20.9 Å². The number of aldehydes is 1. The molecule has 1 aliphatic heterocycles. The zero-order valence-electron chi connectivity index (χ0n) is 22.7. The molecule has 12 nitrogen and oxygen atoms in total. The number of amides is 6. The number of carbonyl (C=O) groups excluding carboxylic acids is 7. The van der Waals surface area contributed by atoms with Crippen LogP contribution < -0.4 is 21.7 Å². The Kier molecular flexibility index (Phi) is 13.0. The van der Waals surface area contributed by atoms with Crippen molar-refractivity contribution in [2.24, 2.45) is 17.6 Å². The highest BCUT2D eigenvalue weighted by Crippen LogP contribution is 2.17. The van der Waals surface area contributed by atoms with Gasteiger partial charge in [0.25, 0.3) is 11.8 Å². The maximum Gasteiger partial charge on any atom is 0.312 e. The average molecular weight is 523 g/mol. The minimum absolute atomic E-state index is 0.155. The monoisotopic (exact) mass is 522 g/mol. The molecule has 0 aromatic carbocycles. The van der Waals surface area contributed by atoms with Crippen LogP contribution in [0.25, 0.3) is 0 Å². The van der Waals surface area contributed by atoms with E-state index in [0.717, 1.165) is 4.90 Å². The van der Waals surface area contributed by atoms with Crippen molar-refractivity contribution in [3.8, 4) is 0 Å². The van der Waals surface area contributed by atoms with Gasteiger partial charge in [0.2, 0.25) is 11.8 Å². The molecular weight excluding hydrogens is 482 g/mol. The molecule has 0 bridgehead atoms. The number of hydrogen-bond acceptors (Lipinski definition) is 7. The average Bonchev–Trinajstić information content (AvgIpc) is 3.15. The highest BCUT2D eigenvalue weighted by atomic mass is 16.2. The first kappa shape index (κ1) is 29.7. The molecule has 0 aromatic heterocycles. The van der Waals surface area contributed by atoms with Crippen LogP contribution in [0.3, 0.4) is 0 Å². The molecule has 1 rings (SSSR count). The fourth-order valence-electron chi connectivity index (χ4n) is 3.86. The van der Waals surface area contributed by atoms with E-state index in [1.54, 1.807) is 13.8 Å². The normalized spacial score (nSPS) is 15.7. The maximum atomic E-state index is 13.1. The van der Waals surface area contributed by atoms with E-state index in [2.05, 4.69) is 16.0 Å². The van der Waals surface area contributed by atoms with E-state index in [4.69, 9.17) is 7.10 Å². The van der Waals surface area contributed by atoms with Gasteiger partial charge in [-0.3, -0.25) is 28.9 Å². The molecule has 6 amide bonds. The molecule has 0 saturated carbocycles. The predicted octanol–water partition coefficient (Wildman–Crippen LogP) is 0.340. The van der Waals surface area contributed by atoms with Gasteiger partial charge >= 0.3 is 6.03 Å². The van der Waals surface area contributed by atoms with E-state index in [1.807, 2.05) is 0 Å². The third kappa shape index (κ3) is 11.8. The second-order valence-electron chi connectivity index (χ2n) is 9.41. The first-order chi connectivity index (χ1) is 17.8. The molecule has 1 aliphatic rings. The maximum absolute atomic E-state index is 13.1. The van der Waals surface area contributed by atoms with Gasteiger partial charge in [-0.25, -0.2) is 4.79 Å². The Bertz CT molecular complexity index is 919. The number of nitrogens with two attached hydrogens (primary N) is 1. The number of hydrogen-bond donors (Lipinski definition) is 4. The number of ketones is 1. The van der Waals surface area contributed by atoms with Crippen LogP contribution in [-0.4, -0.2) is 71.8 Å². The molecule has 1 heterocycles. The summed E-state index contributed by atoms with van der Waals surface area (Å²) in [6.45, 7) is 5.39. The number of rotatable bonds is 18. The lowest BCUT2D eigenvalue weighted by Gasteiger charge is -2.24. The molecule has 37 heavy (non-hydrogen) atoms. The summed E-state index contributed by atoms with van der Waals surface area (Å²) in [5.74, 6) is -3.01. The number of imide groups is 1. The molecule has 12 heteroatoms. The van der Waals surface area contributed by atoms with E-state index >= 15 is 0 Å². The largest absolute Gasteiger partial charge is 0.352 e. The summed E-state index contributed by atoms with van der Waals surface area (Å²) in [4.78, 5) is 84.8. The van der Waals surface area contributed by atoms with E-state index in [-0.39, 0.29) is 61.8 Å². The van der Waals surface area contributed by atoms with Gasteiger partial charge in [-0.2, -0.15) is 0 Å². The summed E-state index contributed by atoms with van der Waals surface area (Å²) in [6, 6.07) is -2.58. The Morgan fingerprint density at radius 1 is 1.03 bits per heavy atom. The van der Waals surface area contributed by atoms with Crippen molar-refractivity contribution in [2.45, 2.75) is 77.8 Å². The number of urea groups is 1. The van der Waals surface area contributed by atoms with Crippen molar-refractivity contribution < 1.29 is 34.9 Å². The lowest BCUT2D eigenvalue weighted by atomic mass is 9.89. The molecule has 5 N–H and O–H groups in total. The third-order valence-electron chi connectivity index (χ3n) is 5.90. The second-order valence-corrected chi connectivity index (χ2v) is 9.41. The van der Waals surface area contributed by atoms with Crippen molar-refractivity contribution in [1.29, 1.82) is 0 Å². The summed E-state index contributed by atoms with van der Waals surface area (Å²) in [6.07, 6.45) is 3.67. The molecule has 3 atom stereocenters. The molecule has 0 fully saturated rings. The van der Waals surface area contributed by atoms with Gasteiger partial charge in [-0.15, -0.1) is 0 Å². The lowest BCUT2D eigenvalue weighted by molar-refractivity contribution is -0.137. The van der Waals surface area contributed by atoms with Crippen molar-refractivity contribution in [2.75, 3.05) is 13.1 Å². The lowest BCUT2D eigenvalue weighted by Crippen LogP contribution is -2.46. The van der Waals surface area contributed by atoms with Crippen LogP contribution in [0, 0.1) is 11.8 Å². The molecule has 0 spiro atoms. The summed E-state index contributed by atoms with van der Waals surface area (Å²) < 4.78 is 7.15. The van der Waals surface area contributed by atoms with Gasteiger partial charge in [-0.1, -0.05) is 20.3 Å². The Labute approximate surface area is 218 Å². The fourth-order valence-corrected chi connectivity index (χ4v) is 3.86. The Morgan fingerprint density at radius 2 is 1.68 bits per heavy atom. The minimum Gasteiger partial charge on any atom is -0.352 e. The number of nitrogens with zero attached hydrogens (tertiary/aromatic N) is 1. The molecule has 0 radical (unpaired) electrons. The molecule has 0 aromatic rings.